The van der Waals surface area contributed by atoms with Crippen LogP contribution in [0.2, 0.25) is 0 Å². The van der Waals surface area contributed by atoms with E-state index in [0.717, 1.165) is 24.3 Å². The van der Waals surface area contributed by atoms with Crippen molar-refractivity contribution in [2.24, 2.45) is 17.3 Å². The van der Waals surface area contributed by atoms with Gasteiger partial charge in [0.25, 0.3) is 0 Å². The first-order valence-corrected chi connectivity index (χ1v) is 8.95. The van der Waals surface area contributed by atoms with Crippen molar-refractivity contribution in [3.8, 4) is 0 Å². The molecule has 3 saturated carbocycles. The Bertz CT molecular complexity index is 492. The number of fused-ring (bicyclic) bond motifs is 1. The molecule has 3 aliphatic rings. The molecule has 3 aliphatic carbocycles. The van der Waals surface area contributed by atoms with Gasteiger partial charge in [-0.05, 0) is 75.2 Å². The molecule has 0 aliphatic heterocycles. The van der Waals surface area contributed by atoms with Crippen LogP contribution in [0.4, 0.5) is 0 Å². The summed E-state index contributed by atoms with van der Waals surface area (Å²) in [6.07, 6.45) is 11.7. The van der Waals surface area contributed by atoms with Gasteiger partial charge < -0.3 is 5.32 Å². The first-order valence-electron chi connectivity index (χ1n) is 8.95. The Morgan fingerprint density at radius 2 is 2.14 bits per heavy atom. The fourth-order valence-electron chi connectivity index (χ4n) is 4.29. The Balaban J connectivity index is 1.44. The summed E-state index contributed by atoms with van der Waals surface area (Å²) in [6.45, 7) is 5.71. The van der Waals surface area contributed by atoms with Gasteiger partial charge >= 0.3 is 0 Å². The Labute approximate surface area is 128 Å². The maximum Gasteiger partial charge on any atom is 0.0630 e. The maximum atomic E-state index is 4.86. The lowest BCUT2D eigenvalue weighted by Gasteiger charge is -2.31. The quantitative estimate of drug-likeness (QED) is 0.831. The first-order chi connectivity index (χ1) is 10.2. The molecule has 3 fully saturated rings. The highest BCUT2D eigenvalue weighted by atomic mass is 15.3. The van der Waals surface area contributed by atoms with Crippen LogP contribution in [0.5, 0.6) is 0 Å². The third-order valence-electron chi connectivity index (χ3n) is 6.06. The van der Waals surface area contributed by atoms with Crippen LogP contribution >= 0.6 is 0 Å². The molecular formula is C18H29N3. The summed E-state index contributed by atoms with van der Waals surface area (Å²) in [5, 5.41) is 8.67. The number of hydrogen-bond acceptors (Lipinski definition) is 2. The van der Waals surface area contributed by atoms with Crippen molar-refractivity contribution in [3.63, 3.8) is 0 Å². The van der Waals surface area contributed by atoms with Crippen LogP contribution in [0.15, 0.2) is 12.3 Å². The summed E-state index contributed by atoms with van der Waals surface area (Å²) in [5.74, 6) is 2.09. The second-order valence-corrected chi connectivity index (χ2v) is 8.04. The van der Waals surface area contributed by atoms with E-state index < -0.39 is 0 Å². The minimum Gasteiger partial charge on any atom is -0.313 e. The maximum absolute atomic E-state index is 4.86. The molecule has 1 aromatic rings. The van der Waals surface area contributed by atoms with E-state index in [1.807, 2.05) is 0 Å². The van der Waals surface area contributed by atoms with Gasteiger partial charge in [0.1, 0.15) is 0 Å². The van der Waals surface area contributed by atoms with Crippen LogP contribution in [0.1, 0.15) is 64.1 Å². The highest BCUT2D eigenvalue weighted by Gasteiger charge is 2.53. The van der Waals surface area contributed by atoms with Crippen LogP contribution < -0.4 is 5.32 Å². The molecule has 3 unspecified atom stereocenters. The van der Waals surface area contributed by atoms with Crippen molar-refractivity contribution in [2.75, 3.05) is 6.54 Å². The zero-order valence-electron chi connectivity index (χ0n) is 13.5. The van der Waals surface area contributed by atoms with Gasteiger partial charge in [0.2, 0.25) is 0 Å². The smallest absolute Gasteiger partial charge is 0.0630 e. The van der Waals surface area contributed by atoms with Crippen LogP contribution in [-0.4, -0.2) is 22.4 Å². The van der Waals surface area contributed by atoms with Crippen LogP contribution in [0.3, 0.4) is 0 Å². The van der Waals surface area contributed by atoms with E-state index in [1.165, 1.54) is 50.8 Å². The molecule has 3 heteroatoms. The monoisotopic (exact) mass is 287 g/mol. The lowest BCUT2D eigenvalue weighted by molar-refractivity contribution is 0.244. The van der Waals surface area contributed by atoms with Crippen molar-refractivity contribution in [2.45, 2.75) is 70.9 Å². The second kappa shape index (κ2) is 5.12. The number of nitrogens with one attached hydrogen (secondary N) is 1. The van der Waals surface area contributed by atoms with Crippen molar-refractivity contribution in [1.29, 1.82) is 0 Å². The van der Waals surface area contributed by atoms with E-state index in [9.17, 15) is 0 Å². The molecule has 0 bridgehead atoms. The lowest BCUT2D eigenvalue weighted by Crippen LogP contribution is -2.36. The molecule has 3 atom stereocenters. The molecule has 0 radical (unpaired) electrons. The van der Waals surface area contributed by atoms with Crippen LogP contribution in [0, 0.1) is 17.3 Å². The molecule has 21 heavy (non-hydrogen) atoms. The topological polar surface area (TPSA) is 29.9 Å². The zero-order valence-corrected chi connectivity index (χ0v) is 13.5. The molecule has 0 amide bonds. The number of nitrogens with zero attached hydrogens (tertiary/aromatic N) is 2. The fourth-order valence-corrected chi connectivity index (χ4v) is 4.29. The first kappa shape index (κ1) is 13.8. The predicted molar refractivity (Wildman–Crippen MR) is 85.2 cm³/mol. The Hall–Kier alpha value is -0.830. The van der Waals surface area contributed by atoms with Gasteiger partial charge in [-0.25, -0.2) is 0 Å². The molecule has 0 saturated heterocycles. The highest BCUT2D eigenvalue weighted by molar-refractivity contribution is 5.11. The molecule has 3 nitrogen and oxygen atoms in total. The Morgan fingerprint density at radius 1 is 1.38 bits per heavy atom. The van der Waals surface area contributed by atoms with Gasteiger partial charge in [-0.1, -0.05) is 6.92 Å². The summed E-state index contributed by atoms with van der Waals surface area (Å²) in [7, 11) is 0. The minimum absolute atomic E-state index is 0.505. The molecule has 0 aromatic carbocycles. The Morgan fingerprint density at radius 3 is 2.81 bits per heavy atom. The lowest BCUT2D eigenvalue weighted by atomic mass is 9.78. The van der Waals surface area contributed by atoms with E-state index in [4.69, 9.17) is 5.10 Å². The summed E-state index contributed by atoms with van der Waals surface area (Å²) >= 11 is 0. The van der Waals surface area contributed by atoms with Gasteiger partial charge in [0.05, 0.1) is 5.69 Å². The minimum atomic E-state index is 0.505. The zero-order chi connectivity index (χ0) is 14.4. The van der Waals surface area contributed by atoms with Gasteiger partial charge in [-0.2, -0.15) is 5.10 Å². The molecule has 1 N–H and O–H groups in total. The summed E-state index contributed by atoms with van der Waals surface area (Å²) in [5.41, 5.74) is 1.82. The van der Waals surface area contributed by atoms with Gasteiger partial charge in [0.15, 0.2) is 0 Å². The highest BCUT2D eigenvalue weighted by Crippen LogP contribution is 2.60. The van der Waals surface area contributed by atoms with Crippen molar-refractivity contribution in [3.05, 3.63) is 18.0 Å². The van der Waals surface area contributed by atoms with E-state index in [-0.39, 0.29) is 0 Å². The third-order valence-corrected chi connectivity index (χ3v) is 6.06. The third kappa shape index (κ3) is 2.90. The number of aromatic nitrogens is 2. The molecule has 116 valence electrons. The fraction of sp³-hybridized carbons (Fsp3) is 0.833. The van der Waals surface area contributed by atoms with Gasteiger partial charge in [0, 0.05) is 24.8 Å². The molecule has 0 spiro atoms. The number of rotatable bonds is 7. The van der Waals surface area contributed by atoms with E-state index >= 15 is 0 Å². The Kier molecular flexibility index (Phi) is 3.36. The normalized spacial score (nSPS) is 35.7. The summed E-state index contributed by atoms with van der Waals surface area (Å²) in [4.78, 5) is 0. The van der Waals surface area contributed by atoms with Gasteiger partial charge in [-0.3, -0.25) is 4.68 Å². The van der Waals surface area contributed by atoms with Gasteiger partial charge in [-0.15, -0.1) is 0 Å². The molecule has 4 rings (SSSR count). The average molecular weight is 287 g/mol. The SMILES string of the molecule is CCC(C)n1ccc(CC2(CNC3CC3)CC3CC3C2)n1. The standard InChI is InChI=1S/C18H29N3/c1-3-13(2)21-7-6-17(20-21)11-18(12-19-16-4-5-16)9-14-8-15(14)10-18/h6-7,13-16,19H,3-5,8-12H2,1-2H3. The van der Waals surface area contributed by atoms with E-state index in [1.54, 1.807) is 0 Å². The van der Waals surface area contributed by atoms with E-state index in [2.05, 4.69) is 36.1 Å². The predicted octanol–water partition coefficient (Wildman–Crippen LogP) is 3.56. The number of hydrogen-bond donors (Lipinski definition) is 1. The summed E-state index contributed by atoms with van der Waals surface area (Å²) in [6, 6.07) is 3.61. The van der Waals surface area contributed by atoms with Crippen LogP contribution in [-0.2, 0) is 6.42 Å². The van der Waals surface area contributed by atoms with Crippen molar-refractivity contribution >= 4 is 0 Å². The molecule has 1 aromatic heterocycles. The van der Waals surface area contributed by atoms with Crippen molar-refractivity contribution < 1.29 is 0 Å². The second-order valence-electron chi connectivity index (χ2n) is 8.04. The van der Waals surface area contributed by atoms with E-state index in [0.29, 0.717) is 11.5 Å². The molecule has 1 heterocycles. The molecular weight excluding hydrogens is 258 g/mol. The largest absolute Gasteiger partial charge is 0.313 e. The van der Waals surface area contributed by atoms with Crippen molar-refractivity contribution in [1.82, 2.24) is 15.1 Å². The summed E-state index contributed by atoms with van der Waals surface area (Å²) < 4.78 is 2.16. The van der Waals surface area contributed by atoms with Crippen LogP contribution in [0.25, 0.3) is 0 Å². The average Bonchev–Trinajstić information content (AvgIpc) is 3.37.